The van der Waals surface area contributed by atoms with Gasteiger partial charge in [-0.15, -0.1) is 0 Å². The zero-order valence-corrected chi connectivity index (χ0v) is 12.4. The van der Waals surface area contributed by atoms with Gasteiger partial charge in [0.05, 0.1) is 25.5 Å². The molecular weight excluding hydrogens is 260 g/mol. The second kappa shape index (κ2) is 9.66. The molecule has 20 heavy (non-hydrogen) atoms. The number of methoxy groups -OCH3 is 1. The maximum Gasteiger partial charge on any atom is 0.142 e. The van der Waals surface area contributed by atoms with Gasteiger partial charge in [0.25, 0.3) is 0 Å². The average molecular weight is 284 g/mol. The van der Waals surface area contributed by atoms with Crippen molar-refractivity contribution in [2.24, 2.45) is 0 Å². The van der Waals surface area contributed by atoms with Gasteiger partial charge in [-0.3, -0.25) is 4.98 Å². The summed E-state index contributed by atoms with van der Waals surface area (Å²) in [5.41, 5.74) is 1.77. The van der Waals surface area contributed by atoms with E-state index in [1.807, 2.05) is 26.1 Å². The van der Waals surface area contributed by atoms with Gasteiger partial charge in [0.2, 0.25) is 0 Å². The zero-order valence-electron chi connectivity index (χ0n) is 12.4. The third kappa shape index (κ3) is 6.29. The Labute approximate surface area is 120 Å². The van der Waals surface area contributed by atoms with Gasteiger partial charge in [-0.2, -0.15) is 0 Å². The molecule has 2 N–H and O–H groups in total. The van der Waals surface area contributed by atoms with E-state index in [2.05, 4.69) is 10.3 Å². The zero-order chi connectivity index (χ0) is 14.8. The van der Waals surface area contributed by atoms with Gasteiger partial charge in [-0.1, -0.05) is 0 Å². The van der Waals surface area contributed by atoms with Crippen molar-refractivity contribution in [1.82, 2.24) is 10.3 Å². The first-order valence-corrected chi connectivity index (χ1v) is 6.66. The van der Waals surface area contributed by atoms with E-state index in [0.717, 1.165) is 11.4 Å². The summed E-state index contributed by atoms with van der Waals surface area (Å²) in [4.78, 5) is 4.41. The maximum atomic E-state index is 9.76. The number of rotatable bonds is 10. The van der Waals surface area contributed by atoms with E-state index < -0.39 is 6.10 Å². The van der Waals surface area contributed by atoms with Crippen molar-refractivity contribution < 1.29 is 19.3 Å². The van der Waals surface area contributed by atoms with Crippen molar-refractivity contribution in [2.45, 2.75) is 19.6 Å². The summed E-state index contributed by atoms with van der Waals surface area (Å²) in [6, 6.07) is 3.75. The molecule has 6 heteroatoms. The van der Waals surface area contributed by atoms with E-state index in [4.69, 9.17) is 14.2 Å². The van der Waals surface area contributed by atoms with Crippen LogP contribution in [0.3, 0.4) is 0 Å². The van der Waals surface area contributed by atoms with E-state index in [-0.39, 0.29) is 13.2 Å². The molecule has 0 saturated carbocycles. The van der Waals surface area contributed by atoms with Crippen LogP contribution < -0.4 is 10.1 Å². The number of nitrogens with one attached hydrogen (secondary N) is 1. The van der Waals surface area contributed by atoms with Crippen molar-refractivity contribution in [3.63, 3.8) is 0 Å². The topological polar surface area (TPSA) is 72.8 Å². The number of aliphatic hydroxyl groups is 1. The Morgan fingerprint density at radius 2 is 2.10 bits per heavy atom. The molecule has 0 saturated heterocycles. The van der Waals surface area contributed by atoms with Crippen molar-refractivity contribution in [1.29, 1.82) is 0 Å². The first kappa shape index (κ1) is 16.8. The molecule has 0 aliphatic rings. The minimum absolute atomic E-state index is 0.175. The molecule has 1 aromatic rings. The summed E-state index contributed by atoms with van der Waals surface area (Å²) in [7, 11) is 3.46. The number of pyridine rings is 1. The summed E-state index contributed by atoms with van der Waals surface area (Å²) >= 11 is 0. The fourth-order valence-corrected chi connectivity index (χ4v) is 1.62. The molecule has 0 aliphatic heterocycles. The molecule has 0 radical (unpaired) electrons. The van der Waals surface area contributed by atoms with Gasteiger partial charge in [0, 0.05) is 19.3 Å². The van der Waals surface area contributed by atoms with E-state index in [1.165, 1.54) is 0 Å². The number of hydrogen-bond acceptors (Lipinski definition) is 6. The molecule has 0 aliphatic carbocycles. The number of aliphatic hydroxyl groups excluding tert-OH is 1. The third-order valence-electron chi connectivity index (χ3n) is 2.59. The monoisotopic (exact) mass is 284 g/mol. The number of aromatic nitrogens is 1. The summed E-state index contributed by atoms with van der Waals surface area (Å²) in [5.74, 6) is 0.681. The fraction of sp³-hybridized carbons (Fsp3) is 0.643. The van der Waals surface area contributed by atoms with Crippen molar-refractivity contribution >= 4 is 0 Å². The molecule has 6 nitrogen and oxygen atoms in total. The predicted octanol–water partition coefficient (Wildman–Crippen LogP) is 0.512. The summed E-state index contributed by atoms with van der Waals surface area (Å²) in [6.07, 6.45) is -0.671. The SMILES string of the molecule is CNCc1nc(C)ccc1OCC(O)COCCOC. The van der Waals surface area contributed by atoms with E-state index in [0.29, 0.717) is 25.5 Å². The Bertz CT molecular complexity index is 387. The number of nitrogens with zero attached hydrogens (tertiary/aromatic N) is 1. The van der Waals surface area contributed by atoms with Crippen LogP contribution in [-0.2, 0) is 16.0 Å². The van der Waals surface area contributed by atoms with Gasteiger partial charge in [-0.25, -0.2) is 0 Å². The molecule has 0 bridgehead atoms. The van der Waals surface area contributed by atoms with Crippen LogP contribution in [0.1, 0.15) is 11.4 Å². The van der Waals surface area contributed by atoms with Crippen LogP contribution in [0.2, 0.25) is 0 Å². The smallest absolute Gasteiger partial charge is 0.142 e. The van der Waals surface area contributed by atoms with Crippen LogP contribution in [-0.4, -0.2) is 56.8 Å². The van der Waals surface area contributed by atoms with Gasteiger partial charge >= 0.3 is 0 Å². The van der Waals surface area contributed by atoms with Crippen LogP contribution in [0.4, 0.5) is 0 Å². The maximum absolute atomic E-state index is 9.76. The van der Waals surface area contributed by atoms with Gasteiger partial charge in [0.15, 0.2) is 0 Å². The highest BCUT2D eigenvalue weighted by Crippen LogP contribution is 2.17. The Balaban J connectivity index is 2.40. The molecule has 1 heterocycles. The highest BCUT2D eigenvalue weighted by Gasteiger charge is 2.09. The summed E-state index contributed by atoms with van der Waals surface area (Å²) in [6.45, 7) is 3.93. The fourth-order valence-electron chi connectivity index (χ4n) is 1.62. The second-order valence-corrected chi connectivity index (χ2v) is 4.46. The first-order chi connectivity index (χ1) is 9.67. The molecule has 1 atom stereocenters. The van der Waals surface area contributed by atoms with E-state index in [1.54, 1.807) is 7.11 Å². The van der Waals surface area contributed by atoms with E-state index in [9.17, 15) is 5.11 Å². The Hall–Kier alpha value is -1.21. The molecular formula is C14H24N2O4. The van der Waals surface area contributed by atoms with Crippen LogP contribution in [0.5, 0.6) is 5.75 Å². The quantitative estimate of drug-likeness (QED) is 0.610. The van der Waals surface area contributed by atoms with Gasteiger partial charge in [0.1, 0.15) is 18.5 Å². The third-order valence-corrected chi connectivity index (χ3v) is 2.59. The number of hydrogen-bond donors (Lipinski definition) is 2. The normalized spacial score (nSPS) is 12.4. The minimum atomic E-state index is -0.671. The first-order valence-electron chi connectivity index (χ1n) is 6.66. The lowest BCUT2D eigenvalue weighted by Crippen LogP contribution is -2.25. The van der Waals surface area contributed by atoms with E-state index >= 15 is 0 Å². The minimum Gasteiger partial charge on any atom is -0.489 e. The standard InChI is InChI=1S/C14H24N2O4/c1-11-4-5-14(13(16-11)8-15-2)20-10-12(17)9-19-7-6-18-3/h4-5,12,15,17H,6-10H2,1-3H3. The van der Waals surface area contributed by atoms with Gasteiger partial charge in [-0.05, 0) is 26.1 Å². The second-order valence-electron chi connectivity index (χ2n) is 4.46. The lowest BCUT2D eigenvalue weighted by atomic mass is 10.3. The lowest BCUT2D eigenvalue weighted by molar-refractivity contribution is -0.00438. The molecule has 0 aromatic carbocycles. The predicted molar refractivity (Wildman–Crippen MR) is 75.9 cm³/mol. The molecule has 1 aromatic heterocycles. The number of ether oxygens (including phenoxy) is 3. The molecule has 0 fully saturated rings. The van der Waals surface area contributed by atoms with Crippen molar-refractivity contribution in [3.05, 3.63) is 23.5 Å². The largest absolute Gasteiger partial charge is 0.489 e. The lowest BCUT2D eigenvalue weighted by Gasteiger charge is -2.15. The van der Waals surface area contributed by atoms with Crippen LogP contribution in [0, 0.1) is 6.92 Å². The molecule has 1 rings (SSSR count). The van der Waals surface area contributed by atoms with Crippen LogP contribution in [0.25, 0.3) is 0 Å². The van der Waals surface area contributed by atoms with Crippen molar-refractivity contribution in [2.75, 3.05) is 40.6 Å². The number of aryl methyl sites for hydroxylation is 1. The Morgan fingerprint density at radius 1 is 1.30 bits per heavy atom. The Morgan fingerprint density at radius 3 is 2.80 bits per heavy atom. The van der Waals surface area contributed by atoms with Gasteiger partial charge < -0.3 is 24.6 Å². The molecule has 1 unspecified atom stereocenters. The van der Waals surface area contributed by atoms with Crippen molar-refractivity contribution in [3.8, 4) is 5.75 Å². The van der Waals surface area contributed by atoms with Crippen LogP contribution in [0.15, 0.2) is 12.1 Å². The van der Waals surface area contributed by atoms with Crippen LogP contribution >= 0.6 is 0 Å². The Kier molecular flexibility index (Phi) is 8.13. The molecule has 0 amide bonds. The summed E-state index contributed by atoms with van der Waals surface area (Å²) in [5, 5.41) is 12.8. The molecule has 0 spiro atoms. The summed E-state index contributed by atoms with van der Waals surface area (Å²) < 4.78 is 15.7. The average Bonchev–Trinajstić information content (AvgIpc) is 2.43. The highest BCUT2D eigenvalue weighted by molar-refractivity contribution is 5.29. The highest BCUT2D eigenvalue weighted by atomic mass is 16.5. The molecule has 114 valence electrons.